The first-order valence-corrected chi connectivity index (χ1v) is 13.2. The van der Waals surface area contributed by atoms with Crippen molar-refractivity contribution < 1.29 is 4.79 Å². The largest absolute Gasteiger partial charge is 0.353 e. The molecule has 1 atom stereocenters. The van der Waals surface area contributed by atoms with E-state index in [0.29, 0.717) is 24.6 Å². The maximum absolute atomic E-state index is 13.0. The number of hydrogen-bond donors (Lipinski definition) is 0. The Balaban J connectivity index is 1.21. The van der Waals surface area contributed by atoms with E-state index in [1.165, 1.54) is 0 Å². The number of likely N-dealkylation sites (tertiary alicyclic amines) is 1. The zero-order chi connectivity index (χ0) is 26.2. The third kappa shape index (κ3) is 4.34. The lowest BCUT2D eigenvalue weighted by Gasteiger charge is -2.37. The maximum Gasteiger partial charge on any atom is 0.320 e. The van der Waals surface area contributed by atoms with Gasteiger partial charge in [-0.1, -0.05) is 13.3 Å². The van der Waals surface area contributed by atoms with E-state index in [4.69, 9.17) is 4.98 Å². The molecular formula is C28H31N9O. The molecule has 0 saturated carbocycles. The summed E-state index contributed by atoms with van der Waals surface area (Å²) in [5, 5.41) is 18.4. The SMILES string of the molecule is CC[C@@H]1CCN(C(=O)N2CCN(c3ccc(-c4cc(-c5cnn(C)c5)cn5ncc(C#N)c45)cn3)CC2)C1. The molecule has 2 fully saturated rings. The van der Waals surface area contributed by atoms with Crippen molar-refractivity contribution in [1.29, 1.82) is 5.26 Å². The molecule has 4 aromatic rings. The monoisotopic (exact) mass is 509 g/mol. The molecule has 0 bridgehead atoms. The van der Waals surface area contributed by atoms with E-state index in [9.17, 15) is 10.1 Å². The number of carbonyl (C=O) groups is 1. The van der Waals surface area contributed by atoms with Crippen molar-refractivity contribution in [1.82, 2.24) is 34.2 Å². The molecule has 0 aliphatic carbocycles. The van der Waals surface area contributed by atoms with Crippen molar-refractivity contribution >= 4 is 17.4 Å². The van der Waals surface area contributed by atoms with Gasteiger partial charge in [0.25, 0.3) is 0 Å². The van der Waals surface area contributed by atoms with Gasteiger partial charge in [0.15, 0.2) is 0 Å². The van der Waals surface area contributed by atoms with Crippen LogP contribution in [0.3, 0.4) is 0 Å². The van der Waals surface area contributed by atoms with Gasteiger partial charge in [-0.15, -0.1) is 0 Å². The highest BCUT2D eigenvalue weighted by molar-refractivity contribution is 5.87. The molecule has 0 spiro atoms. The van der Waals surface area contributed by atoms with E-state index in [2.05, 4.69) is 34.2 Å². The number of nitrogens with zero attached hydrogens (tertiary/aromatic N) is 9. The van der Waals surface area contributed by atoms with Gasteiger partial charge in [-0.05, 0) is 30.5 Å². The van der Waals surface area contributed by atoms with Crippen molar-refractivity contribution in [3.05, 3.63) is 54.7 Å². The van der Waals surface area contributed by atoms with Crippen LogP contribution in [0.4, 0.5) is 10.6 Å². The number of nitriles is 1. The van der Waals surface area contributed by atoms with Crippen molar-refractivity contribution in [2.24, 2.45) is 13.0 Å². The number of amides is 2. The minimum atomic E-state index is 0.176. The third-order valence-corrected chi connectivity index (χ3v) is 7.84. The zero-order valence-electron chi connectivity index (χ0n) is 21.8. The number of hydrogen-bond acceptors (Lipinski definition) is 6. The molecule has 0 aromatic carbocycles. The smallest absolute Gasteiger partial charge is 0.320 e. The summed E-state index contributed by atoms with van der Waals surface area (Å²) in [5.41, 5.74) is 5.02. The first-order chi connectivity index (χ1) is 18.5. The van der Waals surface area contributed by atoms with Crippen LogP contribution in [0.5, 0.6) is 0 Å². The van der Waals surface area contributed by atoms with Crippen molar-refractivity contribution in [2.45, 2.75) is 19.8 Å². The third-order valence-electron chi connectivity index (χ3n) is 7.84. The number of aromatic nitrogens is 5. The zero-order valence-corrected chi connectivity index (χ0v) is 21.8. The molecule has 2 amide bonds. The number of aryl methyl sites for hydroxylation is 1. The van der Waals surface area contributed by atoms with Gasteiger partial charge in [-0.2, -0.15) is 15.5 Å². The van der Waals surface area contributed by atoms with Crippen LogP contribution in [0.2, 0.25) is 0 Å². The van der Waals surface area contributed by atoms with Gasteiger partial charge in [-0.3, -0.25) is 4.68 Å². The average molecular weight is 510 g/mol. The van der Waals surface area contributed by atoms with Crippen LogP contribution in [0.15, 0.2) is 49.2 Å². The molecular weight excluding hydrogens is 478 g/mol. The van der Waals surface area contributed by atoms with Crippen molar-refractivity contribution in [2.75, 3.05) is 44.2 Å². The van der Waals surface area contributed by atoms with E-state index in [1.54, 1.807) is 15.4 Å². The lowest BCUT2D eigenvalue weighted by atomic mass is 10.0. The van der Waals surface area contributed by atoms with Crippen molar-refractivity contribution in [3.8, 4) is 28.3 Å². The molecule has 6 heterocycles. The molecule has 6 rings (SSSR count). The Morgan fingerprint density at radius 2 is 1.84 bits per heavy atom. The number of rotatable bonds is 4. The van der Waals surface area contributed by atoms with Crippen LogP contribution < -0.4 is 4.90 Å². The summed E-state index contributed by atoms with van der Waals surface area (Å²) in [4.78, 5) is 24.0. The Kier molecular flexibility index (Phi) is 6.19. The molecule has 2 aliphatic rings. The van der Waals surface area contributed by atoms with Gasteiger partial charge < -0.3 is 14.7 Å². The summed E-state index contributed by atoms with van der Waals surface area (Å²) in [6.07, 6.45) is 11.4. The predicted octanol–water partition coefficient (Wildman–Crippen LogP) is 3.64. The number of carbonyl (C=O) groups excluding carboxylic acids is 1. The predicted molar refractivity (Wildman–Crippen MR) is 144 cm³/mol. The lowest BCUT2D eigenvalue weighted by molar-refractivity contribution is 0.158. The van der Waals surface area contributed by atoms with E-state index >= 15 is 0 Å². The van der Waals surface area contributed by atoms with E-state index in [1.807, 2.05) is 53.8 Å². The number of urea groups is 1. The summed E-state index contributed by atoms with van der Waals surface area (Å²) in [7, 11) is 1.89. The van der Waals surface area contributed by atoms with Crippen LogP contribution in [-0.2, 0) is 7.05 Å². The minimum absolute atomic E-state index is 0.176. The fourth-order valence-corrected chi connectivity index (χ4v) is 5.55. The second-order valence-electron chi connectivity index (χ2n) is 10.2. The van der Waals surface area contributed by atoms with E-state index < -0.39 is 0 Å². The molecule has 194 valence electrons. The maximum atomic E-state index is 13.0. The highest BCUT2D eigenvalue weighted by atomic mass is 16.2. The normalized spacial score (nSPS) is 17.8. The fraction of sp³-hybridized carbons (Fsp3) is 0.393. The first-order valence-electron chi connectivity index (χ1n) is 13.2. The number of piperazine rings is 1. The Labute approximate surface area is 221 Å². The van der Waals surface area contributed by atoms with Gasteiger partial charge in [0, 0.05) is 87.2 Å². The quantitative estimate of drug-likeness (QED) is 0.417. The van der Waals surface area contributed by atoms with Gasteiger partial charge in [0.1, 0.15) is 11.9 Å². The molecule has 10 heteroatoms. The van der Waals surface area contributed by atoms with Crippen LogP contribution >= 0.6 is 0 Å². The average Bonchev–Trinajstić information content (AvgIpc) is 3.72. The Morgan fingerprint density at radius 3 is 2.50 bits per heavy atom. The van der Waals surface area contributed by atoms with Crippen LogP contribution in [0.1, 0.15) is 25.3 Å². The number of anilines is 1. The molecule has 0 unspecified atom stereocenters. The summed E-state index contributed by atoms with van der Waals surface area (Å²) in [6, 6.07) is 8.57. The van der Waals surface area contributed by atoms with Crippen LogP contribution in [-0.4, -0.2) is 79.5 Å². The molecule has 4 aromatic heterocycles. The highest BCUT2D eigenvalue weighted by Gasteiger charge is 2.30. The molecule has 38 heavy (non-hydrogen) atoms. The molecule has 2 saturated heterocycles. The highest BCUT2D eigenvalue weighted by Crippen LogP contribution is 2.32. The Morgan fingerprint density at radius 1 is 1.00 bits per heavy atom. The topological polar surface area (TPSA) is 98.6 Å². The number of fused-ring (bicyclic) bond motifs is 1. The van der Waals surface area contributed by atoms with Gasteiger partial charge in [-0.25, -0.2) is 14.3 Å². The molecule has 0 radical (unpaired) electrons. The second-order valence-corrected chi connectivity index (χ2v) is 10.2. The molecule has 2 aliphatic heterocycles. The number of pyridine rings is 2. The van der Waals surface area contributed by atoms with E-state index in [0.717, 1.165) is 72.6 Å². The summed E-state index contributed by atoms with van der Waals surface area (Å²) >= 11 is 0. The van der Waals surface area contributed by atoms with Gasteiger partial charge in [0.05, 0.1) is 23.5 Å². The summed E-state index contributed by atoms with van der Waals surface area (Å²) < 4.78 is 3.52. The first kappa shape index (κ1) is 24.0. The standard InChI is InChI=1S/C28H31N9O/c1-3-20-6-7-36(17-20)28(38)35-10-8-34(9-11-35)26-5-4-21(14-30-26)25-12-22(24-16-31-33(2)18-24)19-37-27(25)23(13-29)15-32-37/h4-5,12,14-16,18-20H,3,6-11,17H2,1-2H3/t20-/m1/s1. The van der Waals surface area contributed by atoms with Crippen LogP contribution in [0, 0.1) is 17.2 Å². The Hall–Kier alpha value is -4.39. The summed E-state index contributed by atoms with van der Waals surface area (Å²) in [6.45, 7) is 6.87. The fourth-order valence-electron chi connectivity index (χ4n) is 5.55. The summed E-state index contributed by atoms with van der Waals surface area (Å²) in [5.74, 6) is 1.53. The molecule has 0 N–H and O–H groups in total. The van der Waals surface area contributed by atoms with E-state index in [-0.39, 0.29) is 6.03 Å². The van der Waals surface area contributed by atoms with Gasteiger partial charge in [0.2, 0.25) is 0 Å². The minimum Gasteiger partial charge on any atom is -0.353 e. The van der Waals surface area contributed by atoms with Gasteiger partial charge >= 0.3 is 6.03 Å². The second kappa shape index (κ2) is 9.82. The Bertz CT molecular complexity index is 1510. The van der Waals surface area contributed by atoms with Crippen LogP contribution in [0.25, 0.3) is 27.8 Å². The molecule has 10 nitrogen and oxygen atoms in total. The van der Waals surface area contributed by atoms with Crippen molar-refractivity contribution in [3.63, 3.8) is 0 Å². The lowest BCUT2D eigenvalue weighted by Crippen LogP contribution is -2.52.